The maximum absolute atomic E-state index is 11.8. The highest BCUT2D eigenvalue weighted by Gasteiger charge is 2.32. The number of isocyanates is 1. The van der Waals surface area contributed by atoms with Gasteiger partial charge in [-0.1, -0.05) is 0 Å². The Balaban J connectivity index is 3.19. The van der Waals surface area contributed by atoms with Gasteiger partial charge in [-0.25, -0.2) is 4.79 Å². The van der Waals surface area contributed by atoms with Crippen LogP contribution in [0, 0.1) is 10.1 Å². The van der Waals surface area contributed by atoms with Crippen LogP contribution in [-0.2, 0) is 4.79 Å². The Labute approximate surface area is 91.5 Å². The van der Waals surface area contributed by atoms with Crippen LogP contribution < -0.4 is 4.74 Å². The Hall–Kier alpha value is -2.41. The quantitative estimate of drug-likeness (QED) is 0.356. The molecule has 0 aliphatic carbocycles. The van der Waals surface area contributed by atoms with Gasteiger partial charge in [0.15, 0.2) is 5.69 Å². The minimum absolute atomic E-state index is 0.403. The van der Waals surface area contributed by atoms with Crippen molar-refractivity contribution in [2.75, 3.05) is 0 Å². The number of nitrogens with zero attached hydrogens (tertiary/aromatic N) is 2. The number of nitro benzene ring substituents is 1. The summed E-state index contributed by atoms with van der Waals surface area (Å²) in [6, 6.07) is 2.17. The summed E-state index contributed by atoms with van der Waals surface area (Å²) in [5, 5.41) is 10.5. The molecule has 1 rings (SSSR count). The number of halogens is 3. The van der Waals surface area contributed by atoms with E-state index in [1.165, 1.54) is 0 Å². The van der Waals surface area contributed by atoms with Crippen molar-refractivity contribution >= 4 is 17.5 Å². The van der Waals surface area contributed by atoms with Gasteiger partial charge in [0, 0.05) is 0 Å². The lowest BCUT2D eigenvalue weighted by molar-refractivity contribution is -0.384. The first-order valence-electron chi connectivity index (χ1n) is 3.95. The number of hydrogen-bond acceptors (Lipinski definition) is 5. The summed E-state index contributed by atoms with van der Waals surface area (Å²) in [7, 11) is 0. The topological polar surface area (TPSA) is 81.8 Å². The summed E-state index contributed by atoms with van der Waals surface area (Å²) in [6.07, 6.45) is -3.90. The molecule has 17 heavy (non-hydrogen) atoms. The fourth-order valence-electron chi connectivity index (χ4n) is 0.990. The average molecular weight is 248 g/mol. The summed E-state index contributed by atoms with van der Waals surface area (Å²) in [6.45, 7) is 0. The predicted octanol–water partition coefficient (Wildman–Crippen LogP) is 2.46. The molecule has 0 spiro atoms. The van der Waals surface area contributed by atoms with Gasteiger partial charge in [-0.05, 0) is 12.1 Å². The largest absolute Gasteiger partial charge is 0.573 e. The highest BCUT2D eigenvalue weighted by atomic mass is 19.4. The average Bonchev–Trinajstić information content (AvgIpc) is 2.18. The molecule has 90 valence electrons. The summed E-state index contributed by atoms with van der Waals surface area (Å²) >= 11 is 0. The van der Waals surface area contributed by atoms with Crippen LogP contribution in [-0.4, -0.2) is 17.4 Å². The number of carbonyl (C=O) groups excluding carboxylic acids is 1. The second-order valence-electron chi connectivity index (χ2n) is 2.66. The number of rotatable bonds is 3. The molecule has 0 radical (unpaired) electrons. The Morgan fingerprint density at radius 1 is 1.41 bits per heavy atom. The molecule has 0 aliphatic rings. The van der Waals surface area contributed by atoms with E-state index < -0.39 is 28.4 Å². The molecule has 0 bridgehead atoms. The number of nitro groups is 1. The van der Waals surface area contributed by atoms with E-state index in [9.17, 15) is 28.1 Å². The Morgan fingerprint density at radius 3 is 2.53 bits per heavy atom. The standard InChI is InChI=1S/C8H3F3N2O4/c9-8(10,11)17-5-1-2-6(12-4-14)7(3-5)13(15)16/h1-3H. The van der Waals surface area contributed by atoms with E-state index in [0.29, 0.717) is 6.07 Å². The van der Waals surface area contributed by atoms with Crippen molar-refractivity contribution < 1.29 is 27.6 Å². The van der Waals surface area contributed by atoms with E-state index in [4.69, 9.17) is 0 Å². The third-order valence-corrected chi connectivity index (χ3v) is 1.54. The fraction of sp³-hybridized carbons (Fsp3) is 0.125. The molecule has 0 heterocycles. The lowest BCUT2D eigenvalue weighted by atomic mass is 10.2. The van der Waals surface area contributed by atoms with Crippen molar-refractivity contribution in [1.82, 2.24) is 0 Å². The normalized spacial score (nSPS) is 10.5. The van der Waals surface area contributed by atoms with E-state index in [-0.39, 0.29) is 0 Å². The molecule has 9 heteroatoms. The monoisotopic (exact) mass is 248 g/mol. The first-order chi connectivity index (χ1) is 7.83. The van der Waals surface area contributed by atoms with E-state index in [2.05, 4.69) is 9.73 Å². The lowest BCUT2D eigenvalue weighted by Crippen LogP contribution is -2.17. The second kappa shape index (κ2) is 4.62. The lowest BCUT2D eigenvalue weighted by Gasteiger charge is -2.08. The van der Waals surface area contributed by atoms with Gasteiger partial charge in [0.1, 0.15) is 5.75 Å². The highest BCUT2D eigenvalue weighted by molar-refractivity contribution is 5.63. The molecular formula is C8H3F3N2O4. The third kappa shape index (κ3) is 3.58. The molecule has 0 aliphatic heterocycles. The Kier molecular flexibility index (Phi) is 3.44. The Bertz CT molecular complexity index is 494. The number of benzene rings is 1. The molecule has 0 N–H and O–H groups in total. The molecular weight excluding hydrogens is 245 g/mol. The van der Waals surface area contributed by atoms with Crippen molar-refractivity contribution in [1.29, 1.82) is 0 Å². The van der Waals surface area contributed by atoms with Crippen LogP contribution in [0.2, 0.25) is 0 Å². The minimum Gasteiger partial charge on any atom is -0.406 e. The Morgan fingerprint density at radius 2 is 2.06 bits per heavy atom. The van der Waals surface area contributed by atoms with Crippen LogP contribution in [0.3, 0.4) is 0 Å². The molecule has 0 amide bonds. The maximum Gasteiger partial charge on any atom is 0.573 e. The van der Waals surface area contributed by atoms with Crippen LogP contribution in [0.1, 0.15) is 0 Å². The summed E-state index contributed by atoms with van der Waals surface area (Å²) in [5.41, 5.74) is -1.19. The molecule has 0 atom stereocenters. The zero-order valence-electron chi connectivity index (χ0n) is 7.89. The maximum atomic E-state index is 11.8. The first-order valence-corrected chi connectivity index (χ1v) is 3.95. The minimum atomic E-state index is -4.96. The van der Waals surface area contributed by atoms with Gasteiger partial charge >= 0.3 is 6.36 Å². The first kappa shape index (κ1) is 12.7. The fourth-order valence-corrected chi connectivity index (χ4v) is 0.990. The van der Waals surface area contributed by atoms with Crippen LogP contribution in [0.5, 0.6) is 5.75 Å². The number of hydrogen-bond donors (Lipinski definition) is 0. The molecule has 0 saturated carbocycles. The van der Waals surface area contributed by atoms with Crippen LogP contribution in [0.25, 0.3) is 0 Å². The van der Waals surface area contributed by atoms with Crippen molar-refractivity contribution in [3.05, 3.63) is 28.3 Å². The van der Waals surface area contributed by atoms with Crippen molar-refractivity contribution in [3.8, 4) is 5.75 Å². The smallest absolute Gasteiger partial charge is 0.406 e. The van der Waals surface area contributed by atoms with Gasteiger partial charge in [0.2, 0.25) is 6.08 Å². The summed E-state index contributed by atoms with van der Waals surface area (Å²) < 4.78 is 39.0. The van der Waals surface area contributed by atoms with Crippen LogP contribution >= 0.6 is 0 Å². The van der Waals surface area contributed by atoms with E-state index in [1.807, 2.05) is 0 Å². The molecule has 0 fully saturated rings. The van der Waals surface area contributed by atoms with Crippen LogP contribution in [0.15, 0.2) is 23.2 Å². The zero-order valence-corrected chi connectivity index (χ0v) is 7.89. The zero-order chi connectivity index (χ0) is 13.1. The van der Waals surface area contributed by atoms with Gasteiger partial charge in [-0.3, -0.25) is 10.1 Å². The molecule has 6 nitrogen and oxygen atoms in total. The van der Waals surface area contributed by atoms with E-state index in [1.54, 1.807) is 0 Å². The van der Waals surface area contributed by atoms with Crippen molar-refractivity contribution in [2.24, 2.45) is 4.99 Å². The molecule has 0 saturated heterocycles. The van der Waals surface area contributed by atoms with E-state index >= 15 is 0 Å². The number of alkyl halides is 3. The van der Waals surface area contributed by atoms with Gasteiger partial charge in [-0.2, -0.15) is 4.99 Å². The van der Waals surface area contributed by atoms with Crippen LogP contribution in [0.4, 0.5) is 24.5 Å². The van der Waals surface area contributed by atoms with E-state index in [0.717, 1.165) is 18.2 Å². The molecule has 0 aromatic heterocycles. The summed E-state index contributed by atoms with van der Waals surface area (Å²) in [4.78, 5) is 22.4. The van der Waals surface area contributed by atoms with Gasteiger partial charge in [-0.15, -0.1) is 13.2 Å². The number of ether oxygens (including phenoxy) is 1. The second-order valence-corrected chi connectivity index (χ2v) is 2.66. The molecule has 1 aromatic rings. The molecule has 0 unspecified atom stereocenters. The van der Waals surface area contributed by atoms with Gasteiger partial charge < -0.3 is 4.74 Å². The number of aliphatic imine (C=N–C) groups is 1. The van der Waals surface area contributed by atoms with Gasteiger partial charge in [0.05, 0.1) is 11.0 Å². The van der Waals surface area contributed by atoms with Crippen molar-refractivity contribution in [2.45, 2.75) is 6.36 Å². The SMILES string of the molecule is O=C=Nc1ccc(OC(F)(F)F)cc1[N+](=O)[O-]. The highest BCUT2D eigenvalue weighted by Crippen LogP contribution is 2.33. The van der Waals surface area contributed by atoms with Gasteiger partial charge in [0.25, 0.3) is 5.69 Å². The van der Waals surface area contributed by atoms with Crippen molar-refractivity contribution in [3.63, 3.8) is 0 Å². The summed E-state index contributed by atoms with van der Waals surface area (Å²) in [5.74, 6) is -0.769. The molecule has 1 aromatic carbocycles. The third-order valence-electron chi connectivity index (χ3n) is 1.54. The predicted molar refractivity (Wildman–Crippen MR) is 47.6 cm³/mol.